The normalized spacial score (nSPS) is 34.2. The Balaban J connectivity index is 1.79. The molecule has 98 valence electrons. The minimum atomic E-state index is -1.22. The van der Waals surface area contributed by atoms with E-state index in [9.17, 15) is 0 Å². The van der Waals surface area contributed by atoms with Crippen LogP contribution in [0.2, 0.25) is 0 Å². The highest BCUT2D eigenvalue weighted by Gasteiger charge is 2.46. The van der Waals surface area contributed by atoms with E-state index in [0.717, 1.165) is 18.4 Å². The van der Waals surface area contributed by atoms with E-state index >= 15 is 4.39 Å². The summed E-state index contributed by atoms with van der Waals surface area (Å²) >= 11 is 0. The SMILES string of the molecule is CC(F)(CC12CCCC(CC1)N2)c1ccccc1. The number of benzene rings is 1. The molecule has 3 rings (SSSR count). The summed E-state index contributed by atoms with van der Waals surface area (Å²) in [5.41, 5.74) is -0.349. The fourth-order valence-corrected chi connectivity index (χ4v) is 3.88. The van der Waals surface area contributed by atoms with Crippen LogP contribution in [0.3, 0.4) is 0 Å². The van der Waals surface area contributed by atoms with Crippen LogP contribution in [0, 0.1) is 0 Å². The highest BCUT2D eigenvalue weighted by atomic mass is 19.1. The summed E-state index contributed by atoms with van der Waals surface area (Å²) in [5.74, 6) is 0. The summed E-state index contributed by atoms with van der Waals surface area (Å²) in [4.78, 5) is 0. The van der Waals surface area contributed by atoms with Gasteiger partial charge >= 0.3 is 0 Å². The Morgan fingerprint density at radius 2 is 2.06 bits per heavy atom. The number of nitrogens with one attached hydrogen (secondary N) is 1. The van der Waals surface area contributed by atoms with E-state index in [2.05, 4.69) is 5.32 Å². The topological polar surface area (TPSA) is 12.0 Å². The van der Waals surface area contributed by atoms with Crippen LogP contribution in [-0.4, -0.2) is 11.6 Å². The Labute approximate surface area is 109 Å². The van der Waals surface area contributed by atoms with Crippen LogP contribution >= 0.6 is 0 Å². The summed E-state index contributed by atoms with van der Waals surface area (Å²) in [5, 5.41) is 3.69. The van der Waals surface area contributed by atoms with E-state index < -0.39 is 5.67 Å². The van der Waals surface area contributed by atoms with E-state index in [-0.39, 0.29) is 5.54 Å². The van der Waals surface area contributed by atoms with Gasteiger partial charge in [-0.15, -0.1) is 0 Å². The Morgan fingerprint density at radius 3 is 2.83 bits per heavy atom. The van der Waals surface area contributed by atoms with Crippen molar-refractivity contribution in [1.82, 2.24) is 5.32 Å². The smallest absolute Gasteiger partial charge is 0.135 e. The molecule has 2 heteroatoms. The van der Waals surface area contributed by atoms with Gasteiger partial charge in [-0.05, 0) is 38.2 Å². The van der Waals surface area contributed by atoms with E-state index in [4.69, 9.17) is 0 Å². The van der Waals surface area contributed by atoms with E-state index in [0.29, 0.717) is 12.5 Å². The maximum atomic E-state index is 15.0. The Kier molecular flexibility index (Phi) is 2.93. The molecule has 2 aliphatic rings. The maximum absolute atomic E-state index is 15.0. The molecule has 1 aromatic rings. The molecule has 2 heterocycles. The van der Waals surface area contributed by atoms with Crippen molar-refractivity contribution in [3.8, 4) is 0 Å². The third-order valence-electron chi connectivity index (χ3n) is 4.74. The van der Waals surface area contributed by atoms with Gasteiger partial charge in [0.15, 0.2) is 0 Å². The molecule has 1 nitrogen and oxygen atoms in total. The lowest BCUT2D eigenvalue weighted by Crippen LogP contribution is -2.49. The van der Waals surface area contributed by atoms with Gasteiger partial charge in [0, 0.05) is 18.0 Å². The summed E-state index contributed by atoms with van der Waals surface area (Å²) in [6.07, 6.45) is 6.64. The number of hydrogen-bond acceptors (Lipinski definition) is 1. The molecule has 3 atom stereocenters. The quantitative estimate of drug-likeness (QED) is 0.853. The number of halogens is 1. The molecule has 2 aliphatic heterocycles. The van der Waals surface area contributed by atoms with Crippen LogP contribution in [0.1, 0.15) is 51.0 Å². The van der Waals surface area contributed by atoms with Crippen LogP contribution in [0.25, 0.3) is 0 Å². The molecule has 3 unspecified atom stereocenters. The highest BCUT2D eigenvalue weighted by molar-refractivity contribution is 5.23. The second-order valence-electron chi connectivity index (χ2n) is 6.29. The summed E-state index contributed by atoms with van der Waals surface area (Å²) in [6, 6.07) is 10.3. The number of hydrogen-bond donors (Lipinski definition) is 1. The van der Waals surface area contributed by atoms with Crippen molar-refractivity contribution in [3.63, 3.8) is 0 Å². The highest BCUT2D eigenvalue weighted by Crippen LogP contribution is 2.44. The first kappa shape index (κ1) is 12.2. The molecule has 1 N–H and O–H groups in total. The molecular formula is C16H22FN. The minimum absolute atomic E-state index is 0.0578. The molecule has 2 saturated heterocycles. The molecule has 0 spiro atoms. The van der Waals surface area contributed by atoms with Gasteiger partial charge in [-0.3, -0.25) is 0 Å². The second-order valence-corrected chi connectivity index (χ2v) is 6.29. The lowest BCUT2D eigenvalue weighted by molar-refractivity contribution is 0.105. The van der Waals surface area contributed by atoms with Gasteiger partial charge in [-0.25, -0.2) is 4.39 Å². The average molecular weight is 247 g/mol. The molecule has 18 heavy (non-hydrogen) atoms. The number of fused-ring (bicyclic) bond motifs is 2. The van der Waals surface area contributed by atoms with Crippen molar-refractivity contribution >= 4 is 0 Å². The van der Waals surface area contributed by atoms with Crippen LogP contribution < -0.4 is 5.32 Å². The number of rotatable bonds is 3. The van der Waals surface area contributed by atoms with E-state index in [1.165, 1.54) is 19.3 Å². The third kappa shape index (κ3) is 2.18. The van der Waals surface area contributed by atoms with Gasteiger partial charge in [0.1, 0.15) is 5.67 Å². The lowest BCUT2D eigenvalue weighted by atomic mass is 9.78. The predicted molar refractivity (Wildman–Crippen MR) is 72.3 cm³/mol. The molecule has 0 saturated carbocycles. The summed E-state index contributed by atoms with van der Waals surface area (Å²) in [7, 11) is 0. The fraction of sp³-hybridized carbons (Fsp3) is 0.625. The van der Waals surface area contributed by atoms with Crippen molar-refractivity contribution in [2.75, 3.05) is 0 Å². The second kappa shape index (κ2) is 4.34. The fourth-order valence-electron chi connectivity index (χ4n) is 3.88. The summed E-state index contributed by atoms with van der Waals surface area (Å²) < 4.78 is 15.0. The van der Waals surface area contributed by atoms with Gasteiger partial charge in [0.05, 0.1) is 0 Å². The van der Waals surface area contributed by atoms with Crippen molar-refractivity contribution in [2.24, 2.45) is 0 Å². The third-order valence-corrected chi connectivity index (χ3v) is 4.74. The molecule has 0 radical (unpaired) electrons. The van der Waals surface area contributed by atoms with Crippen molar-refractivity contribution < 1.29 is 4.39 Å². The summed E-state index contributed by atoms with van der Waals surface area (Å²) in [6.45, 7) is 1.74. The predicted octanol–water partition coefficient (Wildman–Crippen LogP) is 3.94. The molecule has 1 aromatic carbocycles. The lowest BCUT2D eigenvalue weighted by Gasteiger charge is -2.39. The van der Waals surface area contributed by atoms with Crippen LogP contribution in [0.5, 0.6) is 0 Å². The average Bonchev–Trinajstić information content (AvgIpc) is 2.65. The van der Waals surface area contributed by atoms with Gasteiger partial charge in [0.2, 0.25) is 0 Å². The van der Waals surface area contributed by atoms with Crippen LogP contribution in [0.4, 0.5) is 4.39 Å². The van der Waals surface area contributed by atoms with Gasteiger partial charge in [-0.2, -0.15) is 0 Å². The molecule has 0 amide bonds. The Bertz CT molecular complexity index is 410. The van der Waals surface area contributed by atoms with Crippen molar-refractivity contribution in [3.05, 3.63) is 35.9 Å². The first-order valence-electron chi connectivity index (χ1n) is 7.12. The van der Waals surface area contributed by atoms with Crippen molar-refractivity contribution in [1.29, 1.82) is 0 Å². The first-order valence-corrected chi connectivity index (χ1v) is 7.12. The standard InChI is InChI=1S/C16H22FN/c1-15(17,13-6-3-2-4-7-13)12-16-10-5-8-14(18-16)9-11-16/h2-4,6-7,14,18H,5,8-12H2,1H3. The molecule has 2 bridgehead atoms. The Morgan fingerprint density at radius 1 is 1.28 bits per heavy atom. The van der Waals surface area contributed by atoms with Gasteiger partial charge in [-0.1, -0.05) is 36.8 Å². The monoisotopic (exact) mass is 247 g/mol. The van der Waals surface area contributed by atoms with E-state index in [1.54, 1.807) is 6.92 Å². The molecule has 2 fully saturated rings. The Hall–Kier alpha value is -0.890. The number of piperidine rings is 1. The maximum Gasteiger partial charge on any atom is 0.135 e. The molecule has 0 aromatic heterocycles. The zero-order chi connectivity index (χ0) is 12.6. The van der Waals surface area contributed by atoms with Crippen LogP contribution in [-0.2, 0) is 5.67 Å². The minimum Gasteiger partial charge on any atom is -0.308 e. The largest absolute Gasteiger partial charge is 0.308 e. The molecule has 0 aliphatic carbocycles. The zero-order valence-corrected chi connectivity index (χ0v) is 11.1. The number of alkyl halides is 1. The van der Waals surface area contributed by atoms with Gasteiger partial charge < -0.3 is 5.32 Å². The van der Waals surface area contributed by atoms with E-state index in [1.807, 2.05) is 30.3 Å². The molecular weight excluding hydrogens is 225 g/mol. The van der Waals surface area contributed by atoms with Crippen LogP contribution in [0.15, 0.2) is 30.3 Å². The van der Waals surface area contributed by atoms with Gasteiger partial charge in [0.25, 0.3) is 0 Å². The first-order chi connectivity index (χ1) is 8.60. The zero-order valence-electron chi connectivity index (χ0n) is 11.1. The van der Waals surface area contributed by atoms with Crippen molar-refractivity contribution in [2.45, 2.75) is 62.7 Å².